The standard InChI is InChI=1S/C21H28N4O2/c1-14-20(15-5-9-24(14)10-6-15)23-21(26)17-11-16-18(13-27-19(16)12-22-17)25-7-3-2-4-8-25/h11-15,20H,2-10H2,1H3,(H,23,26)/t14-,20-/m0/s1. The Balaban J connectivity index is 1.38. The number of hydrogen-bond acceptors (Lipinski definition) is 5. The zero-order valence-corrected chi connectivity index (χ0v) is 16.0. The van der Waals surface area contributed by atoms with Gasteiger partial charge in [0.15, 0.2) is 5.58 Å². The normalized spacial score (nSPS) is 30.6. The third kappa shape index (κ3) is 3.00. The first kappa shape index (κ1) is 17.0. The lowest BCUT2D eigenvalue weighted by Gasteiger charge is -2.49. The number of rotatable bonds is 3. The van der Waals surface area contributed by atoms with E-state index in [9.17, 15) is 4.79 Å². The second kappa shape index (κ2) is 6.82. The van der Waals surface area contributed by atoms with Crippen LogP contribution in [0.2, 0.25) is 0 Å². The third-order valence-electron chi connectivity index (χ3n) is 6.85. The summed E-state index contributed by atoms with van der Waals surface area (Å²) < 4.78 is 5.70. The molecule has 6 heterocycles. The lowest BCUT2D eigenvalue weighted by atomic mass is 9.79. The van der Waals surface area contributed by atoms with E-state index in [0.29, 0.717) is 17.7 Å². The summed E-state index contributed by atoms with van der Waals surface area (Å²) in [4.78, 5) is 22.2. The van der Waals surface area contributed by atoms with Crippen molar-refractivity contribution in [2.75, 3.05) is 31.1 Å². The Hall–Kier alpha value is -2.08. The summed E-state index contributed by atoms with van der Waals surface area (Å²) in [6.07, 6.45) is 9.59. The van der Waals surface area contributed by atoms with Gasteiger partial charge in [0.1, 0.15) is 12.0 Å². The fourth-order valence-corrected chi connectivity index (χ4v) is 5.19. The summed E-state index contributed by atoms with van der Waals surface area (Å²) in [5, 5.41) is 4.28. The predicted octanol–water partition coefficient (Wildman–Crippen LogP) is 3.03. The largest absolute Gasteiger partial charge is 0.460 e. The van der Waals surface area contributed by atoms with Crippen LogP contribution in [-0.4, -0.2) is 54.1 Å². The van der Waals surface area contributed by atoms with Crippen LogP contribution in [0.5, 0.6) is 0 Å². The molecule has 6 heteroatoms. The van der Waals surface area contributed by atoms with Crippen molar-refractivity contribution in [1.82, 2.24) is 15.2 Å². The highest BCUT2D eigenvalue weighted by Gasteiger charge is 2.40. The lowest BCUT2D eigenvalue weighted by molar-refractivity contribution is 0.0216. The SMILES string of the molecule is C[C@H]1[C@H](NC(=O)c2cc3c(N4CCCCC4)coc3cn2)C2CCN1CC2. The molecule has 0 unspecified atom stereocenters. The Morgan fingerprint density at radius 1 is 1.19 bits per heavy atom. The van der Waals surface area contributed by atoms with E-state index in [2.05, 4.69) is 27.0 Å². The van der Waals surface area contributed by atoms with E-state index in [1.54, 1.807) is 6.20 Å². The van der Waals surface area contributed by atoms with Crippen molar-refractivity contribution in [2.24, 2.45) is 5.92 Å². The number of hydrogen-bond donors (Lipinski definition) is 1. The van der Waals surface area contributed by atoms with Crippen LogP contribution in [0.1, 0.15) is 49.5 Å². The minimum Gasteiger partial charge on any atom is -0.460 e. The molecule has 0 aromatic carbocycles. The number of carbonyl (C=O) groups excluding carboxylic acids is 1. The predicted molar refractivity (Wildman–Crippen MR) is 105 cm³/mol. The topological polar surface area (TPSA) is 61.6 Å². The number of furan rings is 1. The molecule has 0 aliphatic carbocycles. The van der Waals surface area contributed by atoms with Crippen LogP contribution in [0.3, 0.4) is 0 Å². The smallest absolute Gasteiger partial charge is 0.270 e. The molecular weight excluding hydrogens is 340 g/mol. The second-order valence-electron chi connectivity index (χ2n) is 8.35. The van der Waals surface area contributed by atoms with Gasteiger partial charge in [-0.05, 0) is 64.1 Å². The fourth-order valence-electron chi connectivity index (χ4n) is 5.19. The average Bonchev–Trinajstić information content (AvgIpc) is 3.15. The molecule has 4 saturated heterocycles. The number of anilines is 1. The Morgan fingerprint density at radius 2 is 1.96 bits per heavy atom. The average molecular weight is 368 g/mol. The number of fused-ring (bicyclic) bond motifs is 4. The van der Waals surface area contributed by atoms with Gasteiger partial charge in [-0.25, -0.2) is 4.98 Å². The van der Waals surface area contributed by atoms with Gasteiger partial charge < -0.3 is 14.6 Å². The molecule has 4 fully saturated rings. The Labute approximate surface area is 159 Å². The molecule has 2 aromatic rings. The first-order valence-corrected chi connectivity index (χ1v) is 10.4. The zero-order valence-electron chi connectivity index (χ0n) is 16.0. The van der Waals surface area contributed by atoms with Gasteiger partial charge in [0.25, 0.3) is 5.91 Å². The van der Waals surface area contributed by atoms with Gasteiger partial charge in [-0.15, -0.1) is 0 Å². The van der Waals surface area contributed by atoms with Crippen LogP contribution in [0, 0.1) is 5.92 Å². The maximum absolute atomic E-state index is 13.0. The van der Waals surface area contributed by atoms with Crippen molar-refractivity contribution in [3.8, 4) is 0 Å². The minimum atomic E-state index is -0.0618. The second-order valence-corrected chi connectivity index (χ2v) is 8.35. The lowest BCUT2D eigenvalue weighted by Crippen LogP contribution is -2.62. The highest BCUT2D eigenvalue weighted by molar-refractivity contribution is 5.99. The molecule has 4 aliphatic rings. The van der Waals surface area contributed by atoms with Crippen LogP contribution >= 0.6 is 0 Å². The van der Waals surface area contributed by atoms with Crippen molar-refractivity contribution in [2.45, 2.75) is 51.1 Å². The van der Waals surface area contributed by atoms with Crippen molar-refractivity contribution in [3.05, 3.63) is 24.2 Å². The molecule has 1 amide bonds. The van der Waals surface area contributed by atoms with Crippen molar-refractivity contribution >= 4 is 22.6 Å². The van der Waals surface area contributed by atoms with Gasteiger partial charge in [0, 0.05) is 30.6 Å². The molecule has 0 radical (unpaired) electrons. The van der Waals surface area contributed by atoms with Crippen LogP contribution in [0.15, 0.2) is 22.9 Å². The summed E-state index contributed by atoms with van der Waals surface area (Å²) >= 11 is 0. The minimum absolute atomic E-state index is 0.0618. The Kier molecular flexibility index (Phi) is 4.31. The summed E-state index contributed by atoms with van der Waals surface area (Å²) in [7, 11) is 0. The quantitative estimate of drug-likeness (QED) is 0.902. The summed E-state index contributed by atoms with van der Waals surface area (Å²) in [6.45, 7) is 6.66. The van der Waals surface area contributed by atoms with Gasteiger partial charge >= 0.3 is 0 Å². The molecule has 0 spiro atoms. The third-order valence-corrected chi connectivity index (χ3v) is 6.85. The molecule has 0 saturated carbocycles. The van der Waals surface area contributed by atoms with E-state index in [1.165, 1.54) is 32.1 Å². The molecule has 4 aliphatic heterocycles. The summed E-state index contributed by atoms with van der Waals surface area (Å²) in [5.41, 5.74) is 2.34. The van der Waals surface area contributed by atoms with E-state index in [0.717, 1.165) is 42.8 Å². The number of carbonyl (C=O) groups is 1. The molecule has 6 rings (SSSR count). The van der Waals surface area contributed by atoms with Crippen LogP contribution in [0.25, 0.3) is 11.0 Å². The van der Waals surface area contributed by atoms with Crippen molar-refractivity contribution in [1.29, 1.82) is 0 Å². The molecule has 144 valence electrons. The maximum atomic E-state index is 13.0. The van der Waals surface area contributed by atoms with E-state index < -0.39 is 0 Å². The monoisotopic (exact) mass is 368 g/mol. The van der Waals surface area contributed by atoms with Gasteiger partial charge in [0.05, 0.1) is 11.9 Å². The number of nitrogens with zero attached hydrogens (tertiary/aromatic N) is 3. The van der Waals surface area contributed by atoms with Gasteiger partial charge in [-0.3, -0.25) is 9.69 Å². The number of pyridine rings is 1. The first-order valence-electron chi connectivity index (χ1n) is 10.4. The maximum Gasteiger partial charge on any atom is 0.270 e. The Bertz CT molecular complexity index is 832. The van der Waals surface area contributed by atoms with E-state index >= 15 is 0 Å². The molecule has 2 atom stereocenters. The highest BCUT2D eigenvalue weighted by Crippen LogP contribution is 2.33. The summed E-state index contributed by atoms with van der Waals surface area (Å²) in [5.74, 6) is 0.531. The molecule has 1 N–H and O–H groups in total. The first-order chi connectivity index (χ1) is 13.2. The number of nitrogens with one attached hydrogen (secondary N) is 1. The number of amides is 1. The molecular formula is C21H28N4O2. The van der Waals surface area contributed by atoms with E-state index in [4.69, 9.17) is 4.42 Å². The van der Waals surface area contributed by atoms with Gasteiger partial charge in [-0.2, -0.15) is 0 Å². The van der Waals surface area contributed by atoms with Crippen LogP contribution in [0.4, 0.5) is 5.69 Å². The number of piperidine rings is 4. The molecule has 2 aromatic heterocycles. The van der Waals surface area contributed by atoms with Crippen LogP contribution in [-0.2, 0) is 0 Å². The molecule has 6 nitrogen and oxygen atoms in total. The molecule has 2 bridgehead atoms. The number of aromatic nitrogens is 1. The van der Waals surface area contributed by atoms with E-state index in [1.807, 2.05) is 12.3 Å². The zero-order chi connectivity index (χ0) is 18.4. The van der Waals surface area contributed by atoms with E-state index in [-0.39, 0.29) is 11.9 Å². The Morgan fingerprint density at radius 3 is 2.70 bits per heavy atom. The van der Waals surface area contributed by atoms with Gasteiger partial charge in [-0.1, -0.05) is 0 Å². The van der Waals surface area contributed by atoms with Gasteiger partial charge in [0.2, 0.25) is 0 Å². The fraction of sp³-hybridized carbons (Fsp3) is 0.619. The molecule has 27 heavy (non-hydrogen) atoms. The summed E-state index contributed by atoms with van der Waals surface area (Å²) in [6, 6.07) is 2.54. The highest BCUT2D eigenvalue weighted by atomic mass is 16.3. The van der Waals surface area contributed by atoms with Crippen molar-refractivity contribution < 1.29 is 9.21 Å². The van der Waals surface area contributed by atoms with Crippen molar-refractivity contribution in [3.63, 3.8) is 0 Å². The van der Waals surface area contributed by atoms with Crippen LogP contribution < -0.4 is 10.2 Å².